The van der Waals surface area contributed by atoms with E-state index in [9.17, 15) is 4.79 Å². The van der Waals surface area contributed by atoms with Gasteiger partial charge in [0.05, 0.1) is 12.5 Å². The van der Waals surface area contributed by atoms with Crippen molar-refractivity contribution in [1.29, 1.82) is 0 Å². The fourth-order valence-electron chi connectivity index (χ4n) is 1.33. The van der Waals surface area contributed by atoms with Crippen molar-refractivity contribution < 1.29 is 9.63 Å². The number of rotatable bonds is 4. The van der Waals surface area contributed by atoms with E-state index in [-0.39, 0.29) is 11.8 Å². The van der Waals surface area contributed by atoms with Gasteiger partial charge >= 0.3 is 0 Å². The van der Waals surface area contributed by atoms with Crippen LogP contribution in [0.5, 0.6) is 0 Å². The summed E-state index contributed by atoms with van der Waals surface area (Å²) >= 11 is 11.5. The number of alkyl halides is 2. The summed E-state index contributed by atoms with van der Waals surface area (Å²) in [5, 5.41) is 0. The Morgan fingerprint density at radius 2 is 2.06 bits per heavy atom. The first kappa shape index (κ1) is 11.7. The lowest BCUT2D eigenvalue weighted by Gasteiger charge is -2.05. The molecule has 0 radical (unpaired) electrons. The molecule has 1 N–H and O–H groups in total. The summed E-state index contributed by atoms with van der Waals surface area (Å²) in [7, 11) is 0. The van der Waals surface area contributed by atoms with Crippen LogP contribution in [0.4, 0.5) is 0 Å². The summed E-state index contributed by atoms with van der Waals surface area (Å²) in [5.74, 6) is -0.618. The van der Waals surface area contributed by atoms with Gasteiger partial charge < -0.3 is 0 Å². The molecule has 3 nitrogen and oxygen atoms in total. The van der Waals surface area contributed by atoms with Crippen molar-refractivity contribution in [3.8, 4) is 0 Å². The number of hydroxylamine groups is 1. The predicted octanol–water partition coefficient (Wildman–Crippen LogP) is 2.43. The van der Waals surface area contributed by atoms with Crippen LogP contribution in [0.2, 0.25) is 0 Å². The number of hydrogen-bond donors (Lipinski definition) is 1. The topological polar surface area (TPSA) is 38.3 Å². The van der Waals surface area contributed by atoms with Crippen LogP contribution in [0.25, 0.3) is 0 Å². The number of amides is 1. The molecule has 1 aliphatic rings. The lowest BCUT2D eigenvalue weighted by Crippen LogP contribution is -2.26. The van der Waals surface area contributed by atoms with Crippen molar-refractivity contribution in [2.24, 2.45) is 5.92 Å². The van der Waals surface area contributed by atoms with E-state index in [0.29, 0.717) is 13.0 Å². The molecule has 2 rings (SSSR count). The number of carbonyl (C=O) groups is 1. The van der Waals surface area contributed by atoms with Crippen molar-refractivity contribution in [2.75, 3.05) is 0 Å². The maximum Gasteiger partial charge on any atom is 0.249 e. The van der Waals surface area contributed by atoms with Crippen molar-refractivity contribution in [3.05, 3.63) is 35.9 Å². The van der Waals surface area contributed by atoms with Crippen molar-refractivity contribution in [2.45, 2.75) is 17.4 Å². The van der Waals surface area contributed by atoms with E-state index in [1.54, 1.807) is 0 Å². The Hall–Kier alpha value is -0.770. The smallest absolute Gasteiger partial charge is 0.249 e. The van der Waals surface area contributed by atoms with Crippen LogP contribution in [0.15, 0.2) is 30.3 Å². The standard InChI is InChI=1S/C11H11Cl2NO2/c12-11(13)6-9(11)10(15)14-16-7-8-4-2-1-3-5-8/h1-5,9H,6-7H2,(H,14,15)/t9-/m0/s1. The van der Waals surface area contributed by atoms with Crippen LogP contribution in [-0.2, 0) is 16.2 Å². The molecule has 1 aliphatic carbocycles. The van der Waals surface area contributed by atoms with Gasteiger partial charge in [-0.3, -0.25) is 9.63 Å². The summed E-state index contributed by atoms with van der Waals surface area (Å²) in [4.78, 5) is 16.5. The van der Waals surface area contributed by atoms with Crippen LogP contribution in [0.1, 0.15) is 12.0 Å². The van der Waals surface area contributed by atoms with Gasteiger partial charge in [0.1, 0.15) is 4.33 Å². The monoisotopic (exact) mass is 259 g/mol. The molecule has 16 heavy (non-hydrogen) atoms. The second-order valence-electron chi connectivity index (χ2n) is 3.76. The van der Waals surface area contributed by atoms with E-state index < -0.39 is 4.33 Å². The third-order valence-electron chi connectivity index (χ3n) is 2.40. The molecule has 1 atom stereocenters. The maximum atomic E-state index is 11.4. The van der Waals surface area contributed by atoms with Crippen molar-refractivity contribution in [3.63, 3.8) is 0 Å². The molecule has 1 amide bonds. The van der Waals surface area contributed by atoms with Crippen LogP contribution in [0, 0.1) is 5.92 Å². The molecule has 1 aromatic rings. The maximum absolute atomic E-state index is 11.4. The number of hydrogen-bond acceptors (Lipinski definition) is 2. The Bertz CT molecular complexity index is 381. The van der Waals surface area contributed by atoms with E-state index in [1.807, 2.05) is 30.3 Å². The average Bonchev–Trinajstić information content (AvgIpc) is 2.89. The predicted molar refractivity (Wildman–Crippen MR) is 61.9 cm³/mol. The molecule has 1 fully saturated rings. The Morgan fingerprint density at radius 3 is 2.62 bits per heavy atom. The Labute approximate surface area is 104 Å². The van der Waals surface area contributed by atoms with E-state index in [2.05, 4.69) is 5.48 Å². The normalized spacial score (nSPS) is 21.5. The minimum Gasteiger partial charge on any atom is -0.272 e. The summed E-state index contributed by atoms with van der Waals surface area (Å²) in [6, 6.07) is 9.56. The number of halogens is 2. The van der Waals surface area contributed by atoms with Crippen LogP contribution < -0.4 is 5.48 Å². The second-order valence-corrected chi connectivity index (χ2v) is 5.30. The fourth-order valence-corrected chi connectivity index (χ4v) is 1.84. The van der Waals surface area contributed by atoms with Gasteiger partial charge in [0.25, 0.3) is 0 Å². The lowest BCUT2D eigenvalue weighted by molar-refractivity contribution is -0.135. The number of carbonyl (C=O) groups excluding carboxylic acids is 1. The van der Waals surface area contributed by atoms with Crippen LogP contribution in [0.3, 0.4) is 0 Å². The molecule has 0 aromatic heterocycles. The molecule has 0 aliphatic heterocycles. The highest BCUT2D eigenvalue weighted by atomic mass is 35.5. The first-order valence-electron chi connectivity index (χ1n) is 4.93. The van der Waals surface area contributed by atoms with Gasteiger partial charge in [-0.2, -0.15) is 0 Å². The molecule has 5 heteroatoms. The summed E-state index contributed by atoms with van der Waals surface area (Å²) < 4.78 is -0.903. The second kappa shape index (κ2) is 4.62. The largest absolute Gasteiger partial charge is 0.272 e. The quantitative estimate of drug-likeness (QED) is 0.667. The molecule has 0 bridgehead atoms. The summed E-state index contributed by atoms with van der Waals surface area (Å²) in [6.07, 6.45) is 0.483. The molecule has 0 saturated heterocycles. The highest BCUT2D eigenvalue weighted by molar-refractivity contribution is 6.52. The molecule has 0 heterocycles. The van der Waals surface area contributed by atoms with E-state index >= 15 is 0 Å². The van der Waals surface area contributed by atoms with Gasteiger partial charge in [0.15, 0.2) is 0 Å². The Balaban J connectivity index is 1.71. The zero-order valence-corrected chi connectivity index (χ0v) is 9.96. The Kier molecular flexibility index (Phi) is 3.38. The first-order chi connectivity index (χ1) is 7.59. The summed E-state index contributed by atoms with van der Waals surface area (Å²) in [5.41, 5.74) is 3.33. The molecule has 0 spiro atoms. The molecule has 1 aromatic carbocycles. The van der Waals surface area contributed by atoms with E-state index in [4.69, 9.17) is 28.0 Å². The molecule has 1 saturated carbocycles. The average molecular weight is 260 g/mol. The SMILES string of the molecule is O=C(NOCc1ccccc1)[C@@H]1CC1(Cl)Cl. The highest BCUT2D eigenvalue weighted by Crippen LogP contribution is 2.53. The number of nitrogens with one attached hydrogen (secondary N) is 1. The third-order valence-corrected chi connectivity index (χ3v) is 3.23. The van der Waals surface area contributed by atoms with Gasteiger partial charge in [-0.1, -0.05) is 30.3 Å². The van der Waals surface area contributed by atoms with Gasteiger partial charge in [-0.15, -0.1) is 23.2 Å². The zero-order chi connectivity index (χ0) is 11.6. The minimum atomic E-state index is -0.903. The highest BCUT2D eigenvalue weighted by Gasteiger charge is 2.56. The zero-order valence-electron chi connectivity index (χ0n) is 8.45. The van der Waals surface area contributed by atoms with Crippen molar-refractivity contribution >= 4 is 29.1 Å². The molecular formula is C11H11Cl2NO2. The lowest BCUT2D eigenvalue weighted by atomic mass is 10.2. The van der Waals surface area contributed by atoms with Gasteiger partial charge in [-0.25, -0.2) is 5.48 Å². The van der Waals surface area contributed by atoms with E-state index in [1.165, 1.54) is 0 Å². The molecule has 86 valence electrons. The number of benzene rings is 1. The van der Waals surface area contributed by atoms with Gasteiger partial charge in [-0.05, 0) is 12.0 Å². The van der Waals surface area contributed by atoms with Crippen LogP contribution >= 0.6 is 23.2 Å². The summed E-state index contributed by atoms with van der Waals surface area (Å²) in [6.45, 7) is 0.330. The van der Waals surface area contributed by atoms with Gasteiger partial charge in [0.2, 0.25) is 5.91 Å². The van der Waals surface area contributed by atoms with Gasteiger partial charge in [0, 0.05) is 0 Å². The molecule has 0 unspecified atom stereocenters. The fraction of sp³-hybridized carbons (Fsp3) is 0.364. The third kappa shape index (κ3) is 2.88. The first-order valence-corrected chi connectivity index (χ1v) is 5.68. The van der Waals surface area contributed by atoms with E-state index in [0.717, 1.165) is 5.56 Å². The van der Waals surface area contributed by atoms with Crippen LogP contribution in [-0.4, -0.2) is 10.2 Å². The Morgan fingerprint density at radius 1 is 1.44 bits per heavy atom. The minimum absolute atomic E-state index is 0.263. The molecular weight excluding hydrogens is 249 g/mol. The van der Waals surface area contributed by atoms with Crippen molar-refractivity contribution in [1.82, 2.24) is 5.48 Å².